The minimum absolute atomic E-state index is 0.00336. The van der Waals surface area contributed by atoms with Gasteiger partial charge in [0.15, 0.2) is 0 Å². The van der Waals surface area contributed by atoms with E-state index >= 15 is 0 Å². The van der Waals surface area contributed by atoms with Crippen LogP contribution in [0, 0.1) is 11.3 Å². The molecule has 0 aliphatic rings. The molecule has 17 heavy (non-hydrogen) atoms. The smallest absolute Gasteiger partial charge is 0.227 e. The molecule has 0 saturated carbocycles. The minimum atomic E-state index is -0.366. The molecule has 0 spiro atoms. The van der Waals surface area contributed by atoms with E-state index < -0.39 is 0 Å². The lowest BCUT2D eigenvalue weighted by atomic mass is 9.95. The molecule has 0 heterocycles. The summed E-state index contributed by atoms with van der Waals surface area (Å²) in [6, 6.07) is 0. The van der Waals surface area contributed by atoms with Gasteiger partial charge in [-0.3, -0.25) is 9.59 Å². The Kier molecular flexibility index (Phi) is 5.66. The van der Waals surface area contributed by atoms with Gasteiger partial charge in [-0.05, 0) is 0 Å². The first-order valence-electron chi connectivity index (χ1n) is 6.08. The third-order valence-corrected chi connectivity index (χ3v) is 2.63. The van der Waals surface area contributed by atoms with E-state index in [1.165, 1.54) is 0 Å². The normalized spacial score (nSPS) is 11.5. The van der Waals surface area contributed by atoms with Crippen molar-refractivity contribution in [3.8, 4) is 0 Å². The molecule has 2 amide bonds. The van der Waals surface area contributed by atoms with E-state index in [2.05, 4.69) is 0 Å². The van der Waals surface area contributed by atoms with E-state index in [0.29, 0.717) is 13.1 Å². The Labute approximate surface area is 105 Å². The van der Waals surface area contributed by atoms with Crippen molar-refractivity contribution in [1.29, 1.82) is 0 Å². The largest absolute Gasteiger partial charge is 0.344 e. The summed E-state index contributed by atoms with van der Waals surface area (Å²) in [4.78, 5) is 26.9. The highest BCUT2D eigenvalue weighted by atomic mass is 16.2. The van der Waals surface area contributed by atoms with Crippen LogP contribution in [0.1, 0.15) is 34.6 Å². The second kappa shape index (κ2) is 6.03. The first-order valence-corrected chi connectivity index (χ1v) is 6.08. The Morgan fingerprint density at radius 2 is 1.41 bits per heavy atom. The molecular formula is C13H26N2O2. The van der Waals surface area contributed by atoms with Crippen LogP contribution in [0.25, 0.3) is 0 Å². The number of carbonyl (C=O) groups excluding carboxylic acids is 2. The summed E-state index contributed by atoms with van der Waals surface area (Å²) in [5, 5.41) is 0. The van der Waals surface area contributed by atoms with E-state index in [1.807, 2.05) is 34.6 Å². The van der Waals surface area contributed by atoms with E-state index in [9.17, 15) is 9.59 Å². The lowest BCUT2D eigenvalue weighted by molar-refractivity contribution is -0.140. The highest BCUT2D eigenvalue weighted by Crippen LogP contribution is 2.16. The molecule has 0 rings (SSSR count). The second-order valence-electron chi connectivity index (χ2n) is 5.89. The molecule has 0 radical (unpaired) electrons. The first-order chi connectivity index (χ1) is 7.57. The summed E-state index contributed by atoms with van der Waals surface area (Å²) in [6.07, 6.45) is 0. The van der Waals surface area contributed by atoms with Crippen molar-refractivity contribution in [3.63, 3.8) is 0 Å². The molecule has 0 N–H and O–H groups in total. The van der Waals surface area contributed by atoms with Gasteiger partial charge in [0.1, 0.15) is 0 Å². The standard InChI is InChI=1S/C13H26N2O2/c1-10(2)11(16)14(6)8-9-15(7)12(17)13(3,4)5/h10H,8-9H2,1-7H3. The third-order valence-electron chi connectivity index (χ3n) is 2.63. The fourth-order valence-corrected chi connectivity index (χ4v) is 1.53. The van der Waals surface area contributed by atoms with Gasteiger partial charge in [0.25, 0.3) is 0 Å². The zero-order valence-corrected chi connectivity index (χ0v) is 12.2. The van der Waals surface area contributed by atoms with Crippen LogP contribution in [0.3, 0.4) is 0 Å². The van der Waals surface area contributed by atoms with Gasteiger partial charge in [-0.25, -0.2) is 0 Å². The Bertz CT molecular complexity index is 280. The maximum absolute atomic E-state index is 11.9. The van der Waals surface area contributed by atoms with Crippen molar-refractivity contribution < 1.29 is 9.59 Å². The molecule has 0 aromatic carbocycles. The number of hydrogen-bond donors (Lipinski definition) is 0. The Hall–Kier alpha value is -1.06. The molecule has 0 atom stereocenters. The Morgan fingerprint density at radius 1 is 1.00 bits per heavy atom. The van der Waals surface area contributed by atoms with Gasteiger partial charge in [-0.1, -0.05) is 34.6 Å². The molecule has 4 heteroatoms. The van der Waals surface area contributed by atoms with Crippen LogP contribution >= 0.6 is 0 Å². The summed E-state index contributed by atoms with van der Waals surface area (Å²) >= 11 is 0. The molecule has 0 saturated heterocycles. The molecule has 0 aromatic heterocycles. The van der Waals surface area contributed by atoms with Crippen molar-refractivity contribution in [2.24, 2.45) is 11.3 Å². The van der Waals surface area contributed by atoms with E-state index in [1.54, 1.807) is 23.9 Å². The Morgan fingerprint density at radius 3 is 1.76 bits per heavy atom. The topological polar surface area (TPSA) is 40.6 Å². The molecule has 0 aliphatic carbocycles. The van der Waals surface area contributed by atoms with Crippen LogP contribution in [-0.2, 0) is 9.59 Å². The number of carbonyl (C=O) groups is 2. The summed E-state index contributed by atoms with van der Waals surface area (Å²) in [6.45, 7) is 10.6. The number of nitrogens with zero attached hydrogens (tertiary/aromatic N) is 2. The monoisotopic (exact) mass is 242 g/mol. The van der Waals surface area contributed by atoms with Crippen LogP contribution in [0.15, 0.2) is 0 Å². The van der Waals surface area contributed by atoms with Crippen molar-refractivity contribution in [3.05, 3.63) is 0 Å². The highest BCUT2D eigenvalue weighted by Gasteiger charge is 2.25. The van der Waals surface area contributed by atoms with Crippen LogP contribution in [0.4, 0.5) is 0 Å². The van der Waals surface area contributed by atoms with E-state index in [-0.39, 0.29) is 23.1 Å². The second-order valence-corrected chi connectivity index (χ2v) is 5.89. The van der Waals surface area contributed by atoms with Crippen LogP contribution in [0.2, 0.25) is 0 Å². The molecule has 100 valence electrons. The zero-order valence-electron chi connectivity index (χ0n) is 12.2. The molecule has 0 fully saturated rings. The minimum Gasteiger partial charge on any atom is -0.344 e. The summed E-state index contributed by atoms with van der Waals surface area (Å²) in [7, 11) is 3.55. The van der Waals surface area contributed by atoms with Crippen molar-refractivity contribution in [2.45, 2.75) is 34.6 Å². The molecule has 0 unspecified atom stereocenters. The summed E-state index contributed by atoms with van der Waals surface area (Å²) in [5.41, 5.74) is -0.366. The number of hydrogen-bond acceptors (Lipinski definition) is 2. The van der Waals surface area contributed by atoms with Gasteiger partial charge >= 0.3 is 0 Å². The maximum atomic E-state index is 11.9. The molecule has 0 aromatic rings. The first kappa shape index (κ1) is 15.9. The van der Waals surface area contributed by atoms with Crippen LogP contribution in [0.5, 0.6) is 0 Å². The van der Waals surface area contributed by atoms with Crippen molar-refractivity contribution in [1.82, 2.24) is 9.80 Å². The predicted molar refractivity (Wildman–Crippen MR) is 69.6 cm³/mol. The van der Waals surface area contributed by atoms with E-state index in [4.69, 9.17) is 0 Å². The summed E-state index contributed by atoms with van der Waals surface area (Å²) < 4.78 is 0. The molecule has 0 aliphatic heterocycles. The molecular weight excluding hydrogens is 216 g/mol. The lowest BCUT2D eigenvalue weighted by Gasteiger charge is -2.28. The van der Waals surface area contributed by atoms with Crippen LogP contribution < -0.4 is 0 Å². The number of likely N-dealkylation sites (N-methyl/N-ethyl adjacent to an activating group) is 2. The quantitative estimate of drug-likeness (QED) is 0.751. The van der Waals surface area contributed by atoms with Gasteiger partial charge in [-0.15, -0.1) is 0 Å². The molecule has 0 bridgehead atoms. The lowest BCUT2D eigenvalue weighted by Crippen LogP contribution is -2.42. The van der Waals surface area contributed by atoms with E-state index in [0.717, 1.165) is 0 Å². The predicted octanol–water partition coefficient (Wildman–Crippen LogP) is 1.61. The van der Waals surface area contributed by atoms with Crippen LogP contribution in [-0.4, -0.2) is 48.8 Å². The fourth-order valence-electron chi connectivity index (χ4n) is 1.53. The van der Waals surface area contributed by atoms with Gasteiger partial charge in [0, 0.05) is 38.5 Å². The summed E-state index contributed by atoms with van der Waals surface area (Å²) in [5.74, 6) is 0.216. The SMILES string of the molecule is CC(C)C(=O)N(C)CCN(C)C(=O)C(C)(C)C. The van der Waals surface area contributed by atoms with Crippen molar-refractivity contribution >= 4 is 11.8 Å². The fraction of sp³-hybridized carbons (Fsp3) is 0.846. The van der Waals surface area contributed by atoms with Gasteiger partial charge in [-0.2, -0.15) is 0 Å². The van der Waals surface area contributed by atoms with Gasteiger partial charge in [0.2, 0.25) is 11.8 Å². The number of amides is 2. The van der Waals surface area contributed by atoms with Gasteiger partial charge < -0.3 is 9.80 Å². The highest BCUT2D eigenvalue weighted by molar-refractivity contribution is 5.81. The zero-order chi connectivity index (χ0) is 13.8. The average molecular weight is 242 g/mol. The Balaban J connectivity index is 4.22. The third kappa shape index (κ3) is 5.20. The maximum Gasteiger partial charge on any atom is 0.227 e. The average Bonchev–Trinajstić information content (AvgIpc) is 2.21. The molecule has 4 nitrogen and oxygen atoms in total. The number of rotatable bonds is 4. The van der Waals surface area contributed by atoms with Crippen molar-refractivity contribution in [2.75, 3.05) is 27.2 Å². The van der Waals surface area contributed by atoms with Gasteiger partial charge in [0.05, 0.1) is 0 Å².